The molecule has 2 aromatic carbocycles. The predicted octanol–water partition coefficient (Wildman–Crippen LogP) is 3.67. The molecule has 0 aromatic heterocycles. The van der Waals surface area contributed by atoms with Crippen LogP contribution >= 0.6 is 0 Å². The smallest absolute Gasteiger partial charge is 0.261 e. The van der Waals surface area contributed by atoms with Gasteiger partial charge in [-0.15, -0.1) is 0 Å². The van der Waals surface area contributed by atoms with Gasteiger partial charge in [-0.1, -0.05) is 87.5 Å². The van der Waals surface area contributed by atoms with Crippen molar-refractivity contribution in [3.05, 3.63) is 72.8 Å². The summed E-state index contributed by atoms with van der Waals surface area (Å²) in [5.41, 5.74) is 0. The lowest BCUT2D eigenvalue weighted by Gasteiger charge is -2.43. The number of unbranched alkanes of at least 4 members (excludes halogenated alkanes) is 1. The Morgan fingerprint density at radius 1 is 0.963 bits per heavy atom. The molecule has 0 atom stereocenters. The van der Waals surface area contributed by atoms with Gasteiger partial charge in [-0.25, -0.2) is 0 Å². The van der Waals surface area contributed by atoms with Crippen LogP contribution in [0.15, 0.2) is 72.8 Å². The average Bonchev–Trinajstić information content (AvgIpc) is 2.67. The van der Waals surface area contributed by atoms with Crippen LogP contribution < -0.4 is 10.4 Å². The largest absolute Gasteiger partial charge is 0.407 e. The number of aldehydes is 1. The number of benzene rings is 2. The molecule has 0 heterocycles. The van der Waals surface area contributed by atoms with Crippen molar-refractivity contribution in [1.82, 2.24) is 0 Å². The molecule has 0 spiro atoms. The molecule has 0 aliphatic rings. The normalized spacial score (nSPS) is 12.3. The van der Waals surface area contributed by atoms with E-state index in [1.807, 2.05) is 12.1 Å². The Balaban J connectivity index is 2.29. The maximum Gasteiger partial charge on any atom is 0.261 e. The van der Waals surface area contributed by atoms with Crippen molar-refractivity contribution in [3.63, 3.8) is 0 Å². The molecule has 0 N–H and O–H groups in total. The van der Waals surface area contributed by atoms with Gasteiger partial charge in [-0.3, -0.25) is 9.59 Å². The number of allylic oxidation sites excluding steroid dienone is 2. The summed E-state index contributed by atoms with van der Waals surface area (Å²) in [6.45, 7) is 7.36. The third kappa shape index (κ3) is 5.12. The van der Waals surface area contributed by atoms with Crippen molar-refractivity contribution in [2.45, 2.75) is 38.7 Å². The molecular formula is C23H28O3Si. The summed E-state index contributed by atoms with van der Waals surface area (Å²) in [4.78, 5) is 21.4. The summed E-state index contributed by atoms with van der Waals surface area (Å²) in [5.74, 6) is -0.497. The molecule has 0 aliphatic carbocycles. The molecule has 0 saturated carbocycles. The number of hydrogen-bond acceptors (Lipinski definition) is 3. The Morgan fingerprint density at radius 3 is 1.93 bits per heavy atom. The van der Waals surface area contributed by atoms with Crippen LogP contribution in [0.3, 0.4) is 0 Å². The summed E-state index contributed by atoms with van der Waals surface area (Å²) in [6, 6.07) is 21.0. The van der Waals surface area contributed by atoms with Crippen LogP contribution in [0.5, 0.6) is 0 Å². The minimum Gasteiger partial charge on any atom is -0.407 e. The monoisotopic (exact) mass is 380 g/mol. The first-order chi connectivity index (χ1) is 12.9. The standard InChI is InChI=1S/C23H28O3Si/c1-23(2,3)27(21-14-8-4-9-15-21,22-16-10-5-11-17-22)26-18-12-6-7-13-20(25)19-24/h4-5,7-11,13-17,19H,6,12,18H2,1-3H3/b13-7+. The van der Waals surface area contributed by atoms with Gasteiger partial charge < -0.3 is 4.43 Å². The van der Waals surface area contributed by atoms with Gasteiger partial charge in [-0.2, -0.15) is 0 Å². The Labute approximate surface area is 163 Å². The van der Waals surface area contributed by atoms with E-state index in [1.54, 1.807) is 6.08 Å². The zero-order valence-electron chi connectivity index (χ0n) is 16.4. The third-order valence-corrected chi connectivity index (χ3v) is 9.69. The van der Waals surface area contributed by atoms with Crippen LogP contribution in [0.2, 0.25) is 5.04 Å². The van der Waals surface area contributed by atoms with Gasteiger partial charge in [0.25, 0.3) is 8.32 Å². The average molecular weight is 381 g/mol. The van der Waals surface area contributed by atoms with Crippen molar-refractivity contribution in [2.75, 3.05) is 6.61 Å². The molecule has 0 amide bonds. The molecule has 0 aliphatic heterocycles. The van der Waals surface area contributed by atoms with Gasteiger partial charge >= 0.3 is 0 Å². The fourth-order valence-corrected chi connectivity index (χ4v) is 8.03. The highest BCUT2D eigenvalue weighted by atomic mass is 28.4. The van der Waals surface area contributed by atoms with Gasteiger partial charge in [0, 0.05) is 6.61 Å². The van der Waals surface area contributed by atoms with E-state index in [9.17, 15) is 9.59 Å². The van der Waals surface area contributed by atoms with E-state index < -0.39 is 14.1 Å². The number of hydrogen-bond donors (Lipinski definition) is 0. The van der Waals surface area contributed by atoms with E-state index in [2.05, 4.69) is 69.3 Å². The lowest BCUT2D eigenvalue weighted by atomic mass is 10.2. The molecule has 0 bridgehead atoms. The summed E-state index contributed by atoms with van der Waals surface area (Å²) in [6.07, 6.45) is 4.90. The Kier molecular flexibility index (Phi) is 7.45. The summed E-state index contributed by atoms with van der Waals surface area (Å²) in [7, 11) is -2.49. The van der Waals surface area contributed by atoms with Crippen molar-refractivity contribution in [2.24, 2.45) is 0 Å². The van der Waals surface area contributed by atoms with Crippen LogP contribution in [0.25, 0.3) is 0 Å². The molecule has 142 valence electrons. The second kappa shape index (κ2) is 9.58. The topological polar surface area (TPSA) is 43.4 Å². The highest BCUT2D eigenvalue weighted by Crippen LogP contribution is 2.36. The van der Waals surface area contributed by atoms with E-state index in [0.717, 1.165) is 6.42 Å². The van der Waals surface area contributed by atoms with E-state index in [-0.39, 0.29) is 5.04 Å². The number of ketones is 1. The molecular weight excluding hydrogens is 352 g/mol. The van der Waals surface area contributed by atoms with Crippen LogP contribution in [-0.4, -0.2) is 27.0 Å². The van der Waals surface area contributed by atoms with Crippen LogP contribution in [0.4, 0.5) is 0 Å². The Morgan fingerprint density at radius 2 is 1.48 bits per heavy atom. The lowest BCUT2D eigenvalue weighted by Crippen LogP contribution is -2.66. The minimum atomic E-state index is -2.49. The lowest BCUT2D eigenvalue weighted by molar-refractivity contribution is -0.126. The first-order valence-corrected chi connectivity index (χ1v) is 11.2. The van der Waals surface area contributed by atoms with E-state index in [0.29, 0.717) is 19.3 Å². The zero-order chi connectivity index (χ0) is 19.8. The fraction of sp³-hybridized carbons (Fsp3) is 0.304. The molecule has 0 saturated heterocycles. The van der Waals surface area contributed by atoms with Gasteiger partial charge in [0.15, 0.2) is 6.29 Å². The molecule has 27 heavy (non-hydrogen) atoms. The highest BCUT2D eigenvalue weighted by molar-refractivity contribution is 6.99. The summed E-state index contributed by atoms with van der Waals surface area (Å²) in [5, 5.41) is 2.48. The van der Waals surface area contributed by atoms with Crippen molar-refractivity contribution in [1.29, 1.82) is 0 Å². The van der Waals surface area contributed by atoms with E-state index in [1.165, 1.54) is 16.4 Å². The Bertz CT molecular complexity index is 722. The summed E-state index contributed by atoms with van der Waals surface area (Å²) >= 11 is 0. The first kappa shape index (κ1) is 21.0. The van der Waals surface area contributed by atoms with Gasteiger partial charge in [0.1, 0.15) is 0 Å². The second-order valence-corrected chi connectivity index (χ2v) is 11.9. The van der Waals surface area contributed by atoms with E-state index in [4.69, 9.17) is 4.43 Å². The molecule has 0 unspecified atom stereocenters. The minimum absolute atomic E-state index is 0.0426. The van der Waals surface area contributed by atoms with Gasteiger partial charge in [0.2, 0.25) is 5.78 Å². The molecule has 0 fully saturated rings. The summed E-state index contributed by atoms with van der Waals surface area (Å²) < 4.78 is 6.75. The third-order valence-electron chi connectivity index (χ3n) is 4.65. The van der Waals surface area contributed by atoms with Crippen LogP contribution in [0, 0.1) is 0 Å². The molecule has 3 nitrogen and oxygen atoms in total. The van der Waals surface area contributed by atoms with Crippen molar-refractivity contribution < 1.29 is 14.0 Å². The molecule has 4 heteroatoms. The van der Waals surface area contributed by atoms with Crippen molar-refractivity contribution in [3.8, 4) is 0 Å². The van der Waals surface area contributed by atoms with E-state index >= 15 is 0 Å². The molecule has 2 aromatic rings. The first-order valence-electron chi connectivity index (χ1n) is 9.32. The Hall–Kier alpha value is -2.30. The SMILES string of the molecule is CC(C)(C)[Si](OCCC/C=C/C(=O)C=O)(c1ccccc1)c1ccccc1. The maximum absolute atomic E-state index is 11.0. The number of carbonyl (C=O) groups is 2. The van der Waals surface area contributed by atoms with Crippen molar-refractivity contribution >= 4 is 30.8 Å². The molecule has 2 rings (SSSR count). The predicted molar refractivity (Wildman–Crippen MR) is 113 cm³/mol. The van der Waals surface area contributed by atoms with Crippen LogP contribution in [0.1, 0.15) is 33.6 Å². The highest BCUT2D eigenvalue weighted by Gasteiger charge is 2.49. The maximum atomic E-state index is 11.0. The van der Waals surface area contributed by atoms with Gasteiger partial charge in [-0.05, 0) is 34.3 Å². The number of carbonyl (C=O) groups excluding carboxylic acids is 2. The zero-order valence-corrected chi connectivity index (χ0v) is 17.4. The van der Waals surface area contributed by atoms with Crippen LogP contribution in [-0.2, 0) is 14.0 Å². The van der Waals surface area contributed by atoms with Gasteiger partial charge in [0.05, 0.1) is 0 Å². The quantitative estimate of drug-likeness (QED) is 0.219. The fourth-order valence-electron chi connectivity index (χ4n) is 3.43. The molecule has 0 radical (unpaired) electrons. The second-order valence-electron chi connectivity index (χ2n) is 7.58. The number of rotatable bonds is 9.